The number of amidine groups is 1. The molecule has 1 aliphatic rings. The van der Waals surface area contributed by atoms with Gasteiger partial charge in [-0.25, -0.2) is 0 Å². The standard InChI is InChI=1S/C8H16N4O2/c1-12(2)4-3-7-9-6(5-13)8(14)11-10-7/h6,13H,3-5H2,1-2H3,(H,9,10)(H,11,14). The zero-order valence-corrected chi connectivity index (χ0v) is 8.45. The number of carbonyl (C=O) groups is 1. The second-order valence-corrected chi connectivity index (χ2v) is 3.44. The predicted octanol–water partition coefficient (Wildman–Crippen LogP) is -1.67. The number of nitrogens with zero attached hydrogens (tertiary/aromatic N) is 2. The SMILES string of the molecule is CN(C)CCC1=NC(CO)C(=O)NN1. The molecule has 0 aromatic rings. The van der Waals surface area contributed by atoms with Crippen LogP contribution in [0.25, 0.3) is 0 Å². The summed E-state index contributed by atoms with van der Waals surface area (Å²) in [7, 11) is 3.93. The van der Waals surface area contributed by atoms with Crippen LogP contribution in [-0.2, 0) is 4.79 Å². The lowest BCUT2D eigenvalue weighted by atomic mass is 10.2. The summed E-state index contributed by atoms with van der Waals surface area (Å²) in [6.07, 6.45) is 0.726. The minimum atomic E-state index is -0.659. The first-order valence-electron chi connectivity index (χ1n) is 4.51. The highest BCUT2D eigenvalue weighted by Crippen LogP contribution is 1.98. The number of carbonyl (C=O) groups excluding carboxylic acids is 1. The van der Waals surface area contributed by atoms with E-state index in [1.807, 2.05) is 19.0 Å². The molecule has 0 bridgehead atoms. The van der Waals surface area contributed by atoms with Crippen LogP contribution in [0.4, 0.5) is 0 Å². The monoisotopic (exact) mass is 200 g/mol. The second-order valence-electron chi connectivity index (χ2n) is 3.44. The van der Waals surface area contributed by atoms with Crippen LogP contribution in [-0.4, -0.2) is 55.0 Å². The summed E-state index contributed by atoms with van der Waals surface area (Å²) < 4.78 is 0. The maximum atomic E-state index is 11.1. The molecule has 0 radical (unpaired) electrons. The average molecular weight is 200 g/mol. The van der Waals surface area contributed by atoms with E-state index in [0.717, 1.165) is 13.0 Å². The third-order valence-corrected chi connectivity index (χ3v) is 1.91. The van der Waals surface area contributed by atoms with Gasteiger partial charge in [0, 0.05) is 13.0 Å². The number of aliphatic hydroxyl groups excluding tert-OH is 1. The molecule has 1 rings (SSSR count). The number of rotatable bonds is 4. The Hall–Kier alpha value is -1.14. The van der Waals surface area contributed by atoms with Gasteiger partial charge in [0.05, 0.1) is 6.61 Å². The molecule has 1 heterocycles. The smallest absolute Gasteiger partial charge is 0.265 e. The summed E-state index contributed by atoms with van der Waals surface area (Å²) in [5, 5.41) is 8.85. The van der Waals surface area contributed by atoms with Gasteiger partial charge >= 0.3 is 0 Å². The number of amides is 1. The maximum Gasteiger partial charge on any atom is 0.265 e. The first-order valence-corrected chi connectivity index (χ1v) is 4.51. The third kappa shape index (κ3) is 2.97. The van der Waals surface area contributed by atoms with Gasteiger partial charge in [-0.15, -0.1) is 0 Å². The highest BCUT2D eigenvalue weighted by atomic mass is 16.3. The number of hydrogen-bond donors (Lipinski definition) is 3. The van der Waals surface area contributed by atoms with Crippen LogP contribution in [0.15, 0.2) is 4.99 Å². The zero-order valence-electron chi connectivity index (χ0n) is 8.45. The van der Waals surface area contributed by atoms with Crippen LogP contribution in [0.5, 0.6) is 0 Å². The topological polar surface area (TPSA) is 77.0 Å². The molecular weight excluding hydrogens is 184 g/mol. The Labute approximate surface area is 83.0 Å². The van der Waals surface area contributed by atoms with Crippen LogP contribution in [0.2, 0.25) is 0 Å². The fraction of sp³-hybridized carbons (Fsp3) is 0.750. The Balaban J connectivity index is 2.49. The highest BCUT2D eigenvalue weighted by Gasteiger charge is 2.21. The highest BCUT2D eigenvalue weighted by molar-refractivity contribution is 5.93. The van der Waals surface area contributed by atoms with Crippen molar-refractivity contribution in [1.82, 2.24) is 15.8 Å². The molecule has 1 atom stereocenters. The van der Waals surface area contributed by atoms with Gasteiger partial charge in [-0.1, -0.05) is 0 Å². The Bertz CT molecular complexity index is 239. The lowest BCUT2D eigenvalue weighted by Crippen LogP contribution is -2.52. The molecule has 0 aromatic heterocycles. The van der Waals surface area contributed by atoms with Gasteiger partial charge in [-0.05, 0) is 14.1 Å². The van der Waals surface area contributed by atoms with E-state index in [4.69, 9.17) is 5.11 Å². The third-order valence-electron chi connectivity index (χ3n) is 1.91. The van der Waals surface area contributed by atoms with E-state index in [1.54, 1.807) is 0 Å². The first kappa shape index (κ1) is 10.9. The van der Waals surface area contributed by atoms with Crippen molar-refractivity contribution in [3.8, 4) is 0 Å². The van der Waals surface area contributed by atoms with Crippen LogP contribution in [0.3, 0.4) is 0 Å². The van der Waals surface area contributed by atoms with Crippen LogP contribution in [0.1, 0.15) is 6.42 Å². The first-order chi connectivity index (χ1) is 6.63. The number of hydrogen-bond acceptors (Lipinski definition) is 5. The summed E-state index contributed by atoms with van der Waals surface area (Å²) in [5.74, 6) is 0.415. The van der Waals surface area contributed by atoms with Gasteiger partial charge in [0.25, 0.3) is 5.91 Å². The largest absolute Gasteiger partial charge is 0.394 e. The molecule has 6 heteroatoms. The molecule has 1 unspecified atom stereocenters. The number of aliphatic hydroxyl groups is 1. The summed E-state index contributed by atoms with van der Waals surface area (Å²) >= 11 is 0. The Morgan fingerprint density at radius 1 is 1.50 bits per heavy atom. The molecule has 1 aliphatic heterocycles. The molecule has 14 heavy (non-hydrogen) atoms. The summed E-state index contributed by atoms with van der Waals surface area (Å²) in [5.41, 5.74) is 5.16. The Kier molecular flexibility index (Phi) is 3.84. The van der Waals surface area contributed by atoms with Gasteiger partial charge in [0.1, 0.15) is 5.84 Å². The fourth-order valence-electron chi connectivity index (χ4n) is 1.08. The molecule has 80 valence electrons. The van der Waals surface area contributed by atoms with Gasteiger partial charge in [-0.2, -0.15) is 0 Å². The normalized spacial score (nSPS) is 21.6. The van der Waals surface area contributed by atoms with Crippen molar-refractivity contribution in [2.45, 2.75) is 12.5 Å². The molecule has 6 nitrogen and oxygen atoms in total. The van der Waals surface area contributed by atoms with E-state index < -0.39 is 6.04 Å². The van der Waals surface area contributed by atoms with Gasteiger partial charge < -0.3 is 10.0 Å². The van der Waals surface area contributed by atoms with E-state index in [1.165, 1.54) is 0 Å². The van der Waals surface area contributed by atoms with Crippen LogP contribution in [0, 0.1) is 0 Å². The van der Waals surface area contributed by atoms with Crippen molar-refractivity contribution in [3.63, 3.8) is 0 Å². The van der Waals surface area contributed by atoms with Crippen molar-refractivity contribution >= 4 is 11.7 Å². The predicted molar refractivity (Wildman–Crippen MR) is 52.8 cm³/mol. The fourth-order valence-corrected chi connectivity index (χ4v) is 1.08. The van der Waals surface area contributed by atoms with E-state index in [0.29, 0.717) is 5.84 Å². The summed E-state index contributed by atoms with van der Waals surface area (Å²) in [4.78, 5) is 17.2. The lowest BCUT2D eigenvalue weighted by Gasteiger charge is -2.21. The van der Waals surface area contributed by atoms with Crippen molar-refractivity contribution in [3.05, 3.63) is 0 Å². The molecule has 3 N–H and O–H groups in total. The average Bonchev–Trinajstić information content (AvgIpc) is 2.16. The number of nitrogens with one attached hydrogen (secondary N) is 2. The van der Waals surface area contributed by atoms with E-state index in [2.05, 4.69) is 15.8 Å². The molecule has 0 fully saturated rings. The van der Waals surface area contributed by atoms with Gasteiger partial charge in [-0.3, -0.25) is 20.6 Å². The van der Waals surface area contributed by atoms with E-state index in [-0.39, 0.29) is 12.5 Å². The number of hydrazine groups is 1. The minimum Gasteiger partial charge on any atom is -0.394 e. The zero-order chi connectivity index (χ0) is 10.6. The van der Waals surface area contributed by atoms with Crippen molar-refractivity contribution in [2.24, 2.45) is 4.99 Å². The maximum absolute atomic E-state index is 11.1. The van der Waals surface area contributed by atoms with Crippen LogP contribution < -0.4 is 10.9 Å². The minimum absolute atomic E-state index is 0.251. The summed E-state index contributed by atoms with van der Waals surface area (Å²) in [6, 6.07) is -0.659. The van der Waals surface area contributed by atoms with Gasteiger partial charge in [0.15, 0.2) is 6.04 Å². The van der Waals surface area contributed by atoms with Crippen molar-refractivity contribution < 1.29 is 9.90 Å². The lowest BCUT2D eigenvalue weighted by molar-refractivity contribution is -0.124. The van der Waals surface area contributed by atoms with Crippen molar-refractivity contribution in [2.75, 3.05) is 27.2 Å². The molecule has 0 saturated heterocycles. The molecule has 1 amide bonds. The van der Waals surface area contributed by atoms with E-state index >= 15 is 0 Å². The molecule has 0 spiro atoms. The quantitative estimate of drug-likeness (QED) is 0.507. The van der Waals surface area contributed by atoms with E-state index in [9.17, 15) is 4.79 Å². The molecular formula is C8H16N4O2. The summed E-state index contributed by atoms with van der Waals surface area (Å²) in [6.45, 7) is 0.596. The Morgan fingerprint density at radius 3 is 2.79 bits per heavy atom. The van der Waals surface area contributed by atoms with Crippen LogP contribution >= 0.6 is 0 Å². The van der Waals surface area contributed by atoms with Crippen molar-refractivity contribution in [1.29, 1.82) is 0 Å². The second kappa shape index (κ2) is 4.92. The molecule has 0 saturated carbocycles. The Morgan fingerprint density at radius 2 is 2.21 bits per heavy atom. The molecule has 0 aromatic carbocycles. The van der Waals surface area contributed by atoms with Gasteiger partial charge in [0.2, 0.25) is 0 Å². The molecule has 0 aliphatic carbocycles. The number of aliphatic imine (C=N–C) groups is 1.